The van der Waals surface area contributed by atoms with Gasteiger partial charge in [0.25, 0.3) is 5.88 Å². The van der Waals surface area contributed by atoms with Crippen molar-refractivity contribution in [2.24, 2.45) is 0 Å². The second-order valence-electron chi connectivity index (χ2n) is 32.2. The van der Waals surface area contributed by atoms with Gasteiger partial charge in [0.1, 0.15) is 82.8 Å². The van der Waals surface area contributed by atoms with Crippen LogP contribution in [0.1, 0.15) is 94.2 Å². The summed E-state index contributed by atoms with van der Waals surface area (Å²) in [6.07, 6.45) is 21.4. The summed E-state index contributed by atoms with van der Waals surface area (Å²) < 4.78 is 43.0. The molecular formula is C87H94N24O10. The van der Waals surface area contributed by atoms with Crippen LogP contribution in [0.25, 0.3) is 50.1 Å². The monoisotopic (exact) mass is 1630 g/mol. The number of carbonyl (C=O) groups is 1. The fourth-order valence-corrected chi connectivity index (χ4v) is 16.7. The van der Waals surface area contributed by atoms with Gasteiger partial charge in [0, 0.05) is 179 Å². The second-order valence-corrected chi connectivity index (χ2v) is 32.2. The normalized spacial score (nSPS) is 18.5. The molecule has 9 fully saturated rings. The molecule has 0 spiro atoms. The summed E-state index contributed by atoms with van der Waals surface area (Å²) in [7, 11) is 6.36. The molecule has 0 aliphatic carbocycles. The first-order chi connectivity index (χ1) is 58.4. The Bertz CT molecular complexity index is 5860. The molecule has 1 amide bonds. The highest BCUT2D eigenvalue weighted by Gasteiger charge is 2.47. The van der Waals surface area contributed by atoms with Crippen LogP contribution in [0, 0.1) is 34.0 Å². The number of methoxy groups -OCH3 is 4. The van der Waals surface area contributed by atoms with E-state index >= 15 is 0 Å². The topological polar surface area (TPSA) is 393 Å². The number of hydrogen-bond donors (Lipinski definition) is 4. The smallest absolute Gasteiger partial charge is 0.251 e. The van der Waals surface area contributed by atoms with Gasteiger partial charge in [-0.25, -0.2) is 43.5 Å². The molecule has 9 aliphatic rings. The van der Waals surface area contributed by atoms with E-state index in [0.29, 0.717) is 122 Å². The summed E-state index contributed by atoms with van der Waals surface area (Å²) in [5, 5.41) is 65.7. The van der Waals surface area contributed by atoms with Gasteiger partial charge in [-0.05, 0) is 113 Å². The molecule has 0 saturated carbocycles. The molecule has 121 heavy (non-hydrogen) atoms. The maximum absolute atomic E-state index is 11.8. The zero-order valence-corrected chi connectivity index (χ0v) is 68.9. The summed E-state index contributed by atoms with van der Waals surface area (Å²) in [5.41, 5.74) is 14.4. The molecule has 12 aromatic rings. The largest absolute Gasteiger partial charge is 0.492 e. The molecule has 21 heterocycles. The van der Waals surface area contributed by atoms with Crippen molar-refractivity contribution in [3.63, 3.8) is 0 Å². The lowest BCUT2D eigenvalue weighted by Crippen LogP contribution is -2.68. The molecule has 21 rings (SSSR count). The van der Waals surface area contributed by atoms with Gasteiger partial charge >= 0.3 is 0 Å². The van der Waals surface area contributed by atoms with Crippen molar-refractivity contribution in [3.05, 3.63) is 174 Å². The number of nitrogens with one attached hydrogen (secondary N) is 1. The van der Waals surface area contributed by atoms with Gasteiger partial charge in [-0.1, -0.05) is 18.2 Å². The highest BCUT2D eigenvalue weighted by atomic mass is 16.5. The highest BCUT2D eigenvalue weighted by molar-refractivity contribution is 5.95. The standard InChI is InChI=1S/C31H34N8O4.C30H33N7O4.C26H27N9O2/c1-19(40)35-30-26(11-32)29-25(10-24(17-39(29)36-30)43-18-31(2,3)41)21-6-7-27(33-13-21)37-15-22-9-23(16-37)38(22)14-20-5-8-28(42-4)34-12-20;1-30(2,38)18-41-23-10-24(28-25(11-31)29(40-4)34-37(28)17-23)20-6-7-26(32-13-20)35-15-21-9-22(16-35)36(21)14-19-5-8-27(39-3)33-12-19;1-3-37-19-7-20(25-21(8-27)26(28)32-35(25)15-19)22-10-30-23(11-29-22)33-13-17-6-18(14-33)34(17)12-16-4-5-24(36-2)31-9-16/h5-8,10,12-13,17,22-23,41H,9,14-16,18H2,1-4H3,(H,35,36,40);5-8,10,12-13,17,21-22,38H,9,14-16,18H2,1-4H3;4-5,7,9-11,15,17-18H,3,6,12-14H2,1-2H3,(H2,28,32). The van der Waals surface area contributed by atoms with Crippen LogP contribution < -0.4 is 58.9 Å². The Morgan fingerprint density at radius 3 is 1.26 bits per heavy atom. The van der Waals surface area contributed by atoms with Crippen molar-refractivity contribution < 1.29 is 48.2 Å². The predicted octanol–water partition coefficient (Wildman–Crippen LogP) is 9.05. The van der Waals surface area contributed by atoms with E-state index in [-0.39, 0.29) is 42.2 Å². The number of aromatic nitrogens is 13. The number of nitriles is 3. The minimum Gasteiger partial charge on any atom is -0.492 e. The number of anilines is 5. The SMILES string of the molecule is CCOc1cc(-c2cnc(N3CC4CC(C3)N4Cc3ccc(OC)nc3)cn2)c2c(C#N)c(N)nn2c1.COc1ccc(CN2C3CC2CN(c2ccc(-c4cc(OCC(C)(C)O)cn5nc(NC(C)=O)c(C#N)c45)cn2)C3)cn1.COc1ccc(CN2C3CC2CN(c2ccc(-c4cc(OCC(C)(C)O)cn5nc(OC)c(C#N)c45)cn2)C3)cn1. The first-order valence-corrected chi connectivity index (χ1v) is 40.0. The number of carbonyl (C=O) groups excluding carboxylic acids is 1. The van der Waals surface area contributed by atoms with E-state index in [4.69, 9.17) is 58.8 Å². The summed E-state index contributed by atoms with van der Waals surface area (Å²) in [6, 6.07) is 34.8. The molecule has 9 saturated heterocycles. The lowest BCUT2D eigenvalue weighted by atomic mass is 9.87. The molecule has 6 bridgehead atoms. The number of hydrogen-bond acceptors (Lipinski definition) is 30. The van der Waals surface area contributed by atoms with Crippen molar-refractivity contribution in [2.45, 2.75) is 128 Å². The average molecular weight is 1640 g/mol. The van der Waals surface area contributed by atoms with Gasteiger partial charge in [0.2, 0.25) is 23.5 Å². The Balaban J connectivity index is 0.000000135. The van der Waals surface area contributed by atoms with Gasteiger partial charge in [-0.15, -0.1) is 15.3 Å². The van der Waals surface area contributed by atoms with Gasteiger partial charge in [0.05, 0.1) is 99.5 Å². The van der Waals surface area contributed by atoms with Crippen molar-refractivity contribution in [2.75, 3.05) is 113 Å². The lowest BCUT2D eigenvalue weighted by molar-refractivity contribution is -0.114. The third kappa shape index (κ3) is 17.2. The van der Waals surface area contributed by atoms with E-state index in [1.165, 1.54) is 54.5 Å². The van der Waals surface area contributed by atoms with Crippen LogP contribution in [0.4, 0.5) is 29.1 Å². The third-order valence-electron chi connectivity index (χ3n) is 22.6. The van der Waals surface area contributed by atoms with E-state index in [1.54, 1.807) is 101 Å². The Kier molecular flexibility index (Phi) is 22.8. The molecule has 34 heteroatoms. The van der Waals surface area contributed by atoms with Crippen LogP contribution in [0.15, 0.2) is 141 Å². The molecule has 0 aromatic carbocycles. The maximum Gasteiger partial charge on any atom is 0.251 e. The Morgan fingerprint density at radius 1 is 0.479 bits per heavy atom. The lowest BCUT2D eigenvalue weighted by Gasteiger charge is -2.56. The number of pyridine rings is 8. The van der Waals surface area contributed by atoms with Gasteiger partial charge in [-0.3, -0.25) is 24.5 Å². The minimum atomic E-state index is -1.04. The number of piperidine rings is 3. The second kappa shape index (κ2) is 34.0. The summed E-state index contributed by atoms with van der Waals surface area (Å²) in [4.78, 5) is 58.5. The fourth-order valence-electron chi connectivity index (χ4n) is 16.7. The Hall–Kier alpha value is -13.6. The average Bonchev–Trinajstić information content (AvgIpc) is 1.76. The van der Waals surface area contributed by atoms with Crippen molar-refractivity contribution in [1.82, 2.24) is 78.4 Å². The number of rotatable bonds is 25. The van der Waals surface area contributed by atoms with Crippen LogP contribution in [-0.4, -0.2) is 230 Å². The highest BCUT2D eigenvalue weighted by Crippen LogP contribution is 2.43. The van der Waals surface area contributed by atoms with Crippen LogP contribution in [-0.2, 0) is 24.4 Å². The number of ether oxygens (including phenoxy) is 7. The van der Waals surface area contributed by atoms with Crippen molar-refractivity contribution in [3.8, 4) is 92.5 Å². The number of amides is 1. The molecular weight excluding hydrogens is 1540 g/mol. The molecule has 6 atom stereocenters. The van der Waals surface area contributed by atoms with E-state index in [9.17, 15) is 30.8 Å². The minimum absolute atomic E-state index is 0.0589. The summed E-state index contributed by atoms with van der Waals surface area (Å²) in [5.74, 6) is 6.37. The first-order valence-electron chi connectivity index (χ1n) is 40.0. The molecule has 34 nitrogen and oxygen atoms in total. The fraction of sp³-hybridized carbons (Fsp3) is 0.379. The zero-order chi connectivity index (χ0) is 84.5. The predicted molar refractivity (Wildman–Crippen MR) is 449 cm³/mol. The quantitative estimate of drug-likeness (QED) is 0.0414. The van der Waals surface area contributed by atoms with Crippen LogP contribution in [0.2, 0.25) is 0 Å². The van der Waals surface area contributed by atoms with E-state index < -0.39 is 11.2 Å². The molecule has 5 N–H and O–H groups in total. The van der Waals surface area contributed by atoms with E-state index in [2.05, 4.69) is 101 Å². The van der Waals surface area contributed by atoms with Crippen LogP contribution >= 0.6 is 0 Å². The van der Waals surface area contributed by atoms with E-state index in [1.807, 2.05) is 86.3 Å². The number of nitrogens with two attached hydrogens (primary N) is 1. The molecule has 6 unspecified atom stereocenters. The number of aliphatic hydroxyl groups is 2. The Labute approximate surface area is 698 Å². The molecule has 9 aliphatic heterocycles. The maximum atomic E-state index is 11.8. The first kappa shape index (κ1) is 81.2. The van der Waals surface area contributed by atoms with Crippen molar-refractivity contribution >= 4 is 51.5 Å². The number of nitrogens with zero attached hydrogens (tertiary/aromatic N) is 22. The zero-order valence-electron chi connectivity index (χ0n) is 68.9. The number of nitrogen functional groups attached to an aromatic ring is 1. The number of fused-ring (bicyclic) bond motifs is 9. The van der Waals surface area contributed by atoms with E-state index in [0.717, 1.165) is 93.0 Å². The molecule has 622 valence electrons. The van der Waals surface area contributed by atoms with Crippen LogP contribution in [0.3, 0.4) is 0 Å². The molecule has 0 radical (unpaired) electrons. The van der Waals surface area contributed by atoms with Crippen molar-refractivity contribution in [1.29, 1.82) is 15.8 Å². The van der Waals surface area contributed by atoms with Gasteiger partial charge in [0.15, 0.2) is 11.6 Å². The molecule has 12 aromatic heterocycles. The van der Waals surface area contributed by atoms with Gasteiger partial charge in [-0.2, -0.15) is 15.8 Å². The summed E-state index contributed by atoms with van der Waals surface area (Å²) in [6.45, 7) is 18.6. The van der Waals surface area contributed by atoms with Gasteiger partial charge < -0.3 is 69.1 Å². The number of piperazine rings is 3. The summed E-state index contributed by atoms with van der Waals surface area (Å²) >= 11 is 0. The third-order valence-corrected chi connectivity index (χ3v) is 22.6. The Morgan fingerprint density at radius 2 is 0.884 bits per heavy atom. The van der Waals surface area contributed by atoms with Crippen LogP contribution in [0.5, 0.6) is 40.8 Å².